The Balaban J connectivity index is 2.05. The van der Waals surface area contributed by atoms with Gasteiger partial charge in [-0.15, -0.1) is 0 Å². The van der Waals surface area contributed by atoms with E-state index in [1.165, 1.54) is 7.11 Å². The first kappa shape index (κ1) is 15.9. The van der Waals surface area contributed by atoms with Gasteiger partial charge in [-0.3, -0.25) is 4.79 Å². The first-order valence-electron chi connectivity index (χ1n) is 6.39. The van der Waals surface area contributed by atoms with E-state index >= 15 is 0 Å². The third-order valence-electron chi connectivity index (χ3n) is 2.76. The van der Waals surface area contributed by atoms with Gasteiger partial charge in [0, 0.05) is 11.8 Å². The lowest BCUT2D eigenvalue weighted by Gasteiger charge is -2.13. The summed E-state index contributed by atoms with van der Waals surface area (Å²) in [5, 5.41) is 11.6. The molecule has 22 heavy (non-hydrogen) atoms. The van der Waals surface area contributed by atoms with Gasteiger partial charge >= 0.3 is 0 Å². The molecule has 0 aliphatic rings. The number of halogens is 1. The van der Waals surface area contributed by atoms with Crippen LogP contribution in [-0.4, -0.2) is 19.6 Å². The minimum atomic E-state index is -0.287. The molecule has 0 aliphatic carbocycles. The molecule has 0 saturated heterocycles. The van der Waals surface area contributed by atoms with Crippen molar-refractivity contribution in [2.45, 2.75) is 0 Å². The summed E-state index contributed by atoms with van der Waals surface area (Å²) in [6.07, 6.45) is 0. The van der Waals surface area contributed by atoms with Crippen molar-refractivity contribution in [1.29, 1.82) is 5.26 Å². The Hall–Kier alpha value is -2.52. The molecule has 0 unspecified atom stereocenters. The van der Waals surface area contributed by atoms with Crippen molar-refractivity contribution in [1.82, 2.24) is 0 Å². The van der Waals surface area contributed by atoms with Gasteiger partial charge in [-0.1, -0.05) is 18.2 Å². The van der Waals surface area contributed by atoms with Crippen molar-refractivity contribution in [3.63, 3.8) is 0 Å². The number of ether oxygens (including phenoxy) is 2. The summed E-state index contributed by atoms with van der Waals surface area (Å²) < 4.78 is 11.2. The van der Waals surface area contributed by atoms with Crippen LogP contribution >= 0.6 is 15.9 Å². The minimum absolute atomic E-state index is 0.171. The number of carbonyl (C=O) groups excluding carboxylic acids is 1. The van der Waals surface area contributed by atoms with Crippen LogP contribution in [0, 0.1) is 11.3 Å². The van der Waals surface area contributed by atoms with Crippen LogP contribution in [0.1, 0.15) is 5.56 Å². The van der Waals surface area contributed by atoms with Crippen molar-refractivity contribution < 1.29 is 14.3 Å². The summed E-state index contributed by atoms with van der Waals surface area (Å²) in [4.78, 5) is 11.9. The summed E-state index contributed by atoms with van der Waals surface area (Å²) in [6, 6.07) is 14.3. The second-order valence-corrected chi connectivity index (χ2v) is 5.16. The van der Waals surface area contributed by atoms with Crippen LogP contribution in [0.2, 0.25) is 0 Å². The van der Waals surface area contributed by atoms with Gasteiger partial charge in [-0.05, 0) is 34.1 Å². The van der Waals surface area contributed by atoms with E-state index in [9.17, 15) is 4.79 Å². The van der Waals surface area contributed by atoms with E-state index in [1.54, 1.807) is 24.3 Å². The highest BCUT2D eigenvalue weighted by Crippen LogP contribution is 2.36. The number of hydrogen-bond donors (Lipinski definition) is 1. The molecule has 0 radical (unpaired) electrons. The van der Waals surface area contributed by atoms with Crippen LogP contribution in [0.4, 0.5) is 5.69 Å². The fourth-order valence-corrected chi connectivity index (χ4v) is 2.34. The van der Waals surface area contributed by atoms with Crippen LogP contribution in [0.5, 0.6) is 11.5 Å². The van der Waals surface area contributed by atoms with E-state index in [0.29, 0.717) is 27.2 Å². The molecule has 2 aromatic rings. The standard InChI is InChI=1S/C16H13BrN2O3/c1-21-14-8-11(9-18)7-13(17)16(14)22-10-15(20)19-12-5-3-2-4-6-12/h2-8H,10H2,1H3,(H,19,20). The lowest BCUT2D eigenvalue weighted by Crippen LogP contribution is -2.20. The number of amides is 1. The Bertz CT molecular complexity index is 711. The SMILES string of the molecule is COc1cc(C#N)cc(Br)c1OCC(=O)Nc1ccccc1. The number of benzene rings is 2. The molecule has 2 rings (SSSR count). The number of nitrogens with one attached hydrogen (secondary N) is 1. The van der Waals surface area contributed by atoms with Crippen LogP contribution in [0.25, 0.3) is 0 Å². The van der Waals surface area contributed by atoms with E-state index in [1.807, 2.05) is 24.3 Å². The fourth-order valence-electron chi connectivity index (χ4n) is 1.78. The zero-order valence-corrected chi connectivity index (χ0v) is 13.4. The Kier molecular flexibility index (Phi) is 5.39. The smallest absolute Gasteiger partial charge is 0.262 e. The monoisotopic (exact) mass is 360 g/mol. The molecule has 6 heteroatoms. The highest BCUT2D eigenvalue weighted by Gasteiger charge is 2.13. The van der Waals surface area contributed by atoms with Crippen molar-refractivity contribution >= 4 is 27.5 Å². The molecule has 0 aliphatic heterocycles. The van der Waals surface area contributed by atoms with Gasteiger partial charge in [0.1, 0.15) is 0 Å². The maximum Gasteiger partial charge on any atom is 0.262 e. The van der Waals surface area contributed by atoms with E-state index in [0.717, 1.165) is 0 Å². The topological polar surface area (TPSA) is 71.3 Å². The molecule has 1 amide bonds. The predicted octanol–water partition coefficient (Wildman–Crippen LogP) is 3.35. The molecule has 5 nitrogen and oxygen atoms in total. The number of para-hydroxylation sites is 1. The van der Waals surface area contributed by atoms with Crippen molar-refractivity contribution in [3.05, 3.63) is 52.5 Å². The molecule has 0 bridgehead atoms. The van der Waals surface area contributed by atoms with Gasteiger partial charge < -0.3 is 14.8 Å². The van der Waals surface area contributed by atoms with Crippen LogP contribution in [0.3, 0.4) is 0 Å². The maximum atomic E-state index is 11.9. The second kappa shape index (κ2) is 7.48. The average molecular weight is 361 g/mol. The Labute approximate surface area is 136 Å². The van der Waals surface area contributed by atoms with Crippen LogP contribution < -0.4 is 14.8 Å². The summed E-state index contributed by atoms with van der Waals surface area (Å²) >= 11 is 3.31. The zero-order chi connectivity index (χ0) is 15.9. The summed E-state index contributed by atoms with van der Waals surface area (Å²) in [5.41, 5.74) is 1.13. The number of methoxy groups -OCH3 is 1. The molecule has 0 spiro atoms. The van der Waals surface area contributed by atoms with E-state index in [-0.39, 0.29) is 12.5 Å². The summed E-state index contributed by atoms with van der Waals surface area (Å²) in [7, 11) is 1.47. The van der Waals surface area contributed by atoms with Crippen molar-refractivity contribution in [2.24, 2.45) is 0 Å². The molecular weight excluding hydrogens is 348 g/mol. The van der Waals surface area contributed by atoms with Gasteiger partial charge in [0.2, 0.25) is 0 Å². The summed E-state index contributed by atoms with van der Waals surface area (Å²) in [6.45, 7) is -0.171. The fraction of sp³-hybridized carbons (Fsp3) is 0.125. The van der Waals surface area contributed by atoms with Gasteiger partial charge in [-0.25, -0.2) is 0 Å². The molecule has 0 fully saturated rings. The Morgan fingerprint density at radius 3 is 2.68 bits per heavy atom. The van der Waals surface area contributed by atoms with E-state index in [2.05, 4.69) is 21.2 Å². The van der Waals surface area contributed by atoms with Crippen molar-refractivity contribution in [2.75, 3.05) is 19.0 Å². The quantitative estimate of drug-likeness (QED) is 0.887. The van der Waals surface area contributed by atoms with E-state index < -0.39 is 0 Å². The van der Waals surface area contributed by atoms with Gasteiger partial charge in [-0.2, -0.15) is 5.26 Å². The average Bonchev–Trinajstić information content (AvgIpc) is 2.53. The largest absolute Gasteiger partial charge is 0.493 e. The van der Waals surface area contributed by atoms with Gasteiger partial charge in [0.05, 0.1) is 23.2 Å². The molecule has 2 aromatic carbocycles. The maximum absolute atomic E-state index is 11.9. The lowest BCUT2D eigenvalue weighted by molar-refractivity contribution is -0.118. The molecule has 0 atom stereocenters. The highest BCUT2D eigenvalue weighted by molar-refractivity contribution is 9.10. The predicted molar refractivity (Wildman–Crippen MR) is 86.0 cm³/mol. The molecule has 0 aromatic heterocycles. The molecular formula is C16H13BrN2O3. The third kappa shape index (κ3) is 3.99. The van der Waals surface area contributed by atoms with E-state index in [4.69, 9.17) is 14.7 Å². The first-order valence-corrected chi connectivity index (χ1v) is 7.18. The van der Waals surface area contributed by atoms with Gasteiger partial charge in [0.15, 0.2) is 18.1 Å². The van der Waals surface area contributed by atoms with Crippen LogP contribution in [-0.2, 0) is 4.79 Å². The van der Waals surface area contributed by atoms with Gasteiger partial charge in [0.25, 0.3) is 5.91 Å². The molecule has 112 valence electrons. The minimum Gasteiger partial charge on any atom is -0.493 e. The molecule has 0 saturated carbocycles. The highest BCUT2D eigenvalue weighted by atomic mass is 79.9. The molecule has 1 N–H and O–H groups in total. The first-order chi connectivity index (χ1) is 10.6. The normalized spacial score (nSPS) is 9.68. The third-order valence-corrected chi connectivity index (χ3v) is 3.35. The Morgan fingerprint density at radius 2 is 2.05 bits per heavy atom. The lowest BCUT2D eigenvalue weighted by atomic mass is 10.2. The number of rotatable bonds is 5. The Morgan fingerprint density at radius 1 is 1.32 bits per heavy atom. The number of carbonyl (C=O) groups is 1. The number of hydrogen-bond acceptors (Lipinski definition) is 4. The second-order valence-electron chi connectivity index (χ2n) is 4.30. The molecule has 0 heterocycles. The van der Waals surface area contributed by atoms with Crippen LogP contribution in [0.15, 0.2) is 46.9 Å². The number of anilines is 1. The zero-order valence-electron chi connectivity index (χ0n) is 11.8. The number of nitriles is 1. The number of nitrogens with zero attached hydrogens (tertiary/aromatic N) is 1. The van der Waals surface area contributed by atoms with Crippen molar-refractivity contribution in [3.8, 4) is 17.6 Å². The summed E-state index contributed by atoms with van der Waals surface area (Å²) in [5.74, 6) is 0.479.